The molecule has 0 atom stereocenters. The number of aromatic nitrogens is 1. The lowest BCUT2D eigenvalue weighted by molar-refractivity contribution is -0.132. The van der Waals surface area contributed by atoms with Crippen molar-refractivity contribution in [2.24, 2.45) is 4.99 Å². The van der Waals surface area contributed by atoms with Crippen LogP contribution in [0.4, 0.5) is 10.1 Å². The number of phenolic OH excluding ortho intramolecular Hbond substituents is 1. The van der Waals surface area contributed by atoms with Crippen LogP contribution in [0.1, 0.15) is 10.4 Å². The minimum Gasteiger partial charge on any atom is -0.508 e. The van der Waals surface area contributed by atoms with Crippen molar-refractivity contribution < 1.29 is 24.1 Å². The summed E-state index contributed by atoms with van der Waals surface area (Å²) in [5.41, 5.74) is 1.75. The van der Waals surface area contributed by atoms with Gasteiger partial charge in [0.15, 0.2) is 9.67 Å². The fourth-order valence-corrected chi connectivity index (χ4v) is 4.26. The van der Waals surface area contributed by atoms with Crippen LogP contribution >= 0.6 is 23.6 Å². The average Bonchev–Trinajstić information content (AvgIpc) is 3.19. The smallest absolute Gasteiger partial charge is 0.357 e. The number of halogens is 1. The van der Waals surface area contributed by atoms with Crippen molar-refractivity contribution >= 4 is 52.6 Å². The summed E-state index contributed by atoms with van der Waals surface area (Å²) in [5.74, 6) is -1.21. The molecular formula is C20H13FN2O4S2. The molecule has 6 nitrogen and oxygen atoms in total. The average molecular weight is 428 g/mol. The highest BCUT2D eigenvalue weighted by atomic mass is 32.1. The standard InChI is InChI=1S/C20H13FN2O4S2/c1-27-19(26)17-14(13-8-10(21)2-7-15(13)22-17)9-16-18(25)23(20(28)29-16)11-3-5-12(24)6-4-11/h2-9,24-25H,1H3/b14-9+. The van der Waals surface area contributed by atoms with Gasteiger partial charge in [0, 0.05) is 11.1 Å². The lowest BCUT2D eigenvalue weighted by Crippen LogP contribution is -2.14. The summed E-state index contributed by atoms with van der Waals surface area (Å²) in [6, 6.07) is 10.2. The summed E-state index contributed by atoms with van der Waals surface area (Å²) in [6.45, 7) is 0. The highest BCUT2D eigenvalue weighted by Crippen LogP contribution is 2.40. The molecule has 3 aromatic rings. The van der Waals surface area contributed by atoms with E-state index in [0.717, 1.165) is 11.3 Å². The first-order valence-electron chi connectivity index (χ1n) is 8.32. The number of carbonyl (C=O) groups excluding carboxylic acids is 1. The zero-order valence-corrected chi connectivity index (χ0v) is 16.6. The van der Waals surface area contributed by atoms with Gasteiger partial charge < -0.3 is 14.9 Å². The van der Waals surface area contributed by atoms with Gasteiger partial charge in [-0.3, -0.25) is 4.57 Å². The van der Waals surface area contributed by atoms with Gasteiger partial charge >= 0.3 is 5.97 Å². The fraction of sp³-hybridized carbons (Fsp3) is 0.0500. The Morgan fingerprint density at radius 1 is 1.24 bits per heavy atom. The predicted octanol–water partition coefficient (Wildman–Crippen LogP) is 4.62. The van der Waals surface area contributed by atoms with Crippen LogP contribution in [0.15, 0.2) is 47.5 Å². The second-order valence-electron chi connectivity index (χ2n) is 6.08. The maximum atomic E-state index is 13.8. The van der Waals surface area contributed by atoms with Crippen LogP contribution in [-0.2, 0) is 9.53 Å². The summed E-state index contributed by atoms with van der Waals surface area (Å²) in [6.07, 6.45) is 1.54. The molecule has 4 rings (SSSR count). The van der Waals surface area contributed by atoms with Gasteiger partial charge in [-0.1, -0.05) is 0 Å². The zero-order chi connectivity index (χ0) is 20.7. The van der Waals surface area contributed by atoms with Gasteiger partial charge in [0.1, 0.15) is 11.6 Å². The van der Waals surface area contributed by atoms with Crippen molar-refractivity contribution in [3.05, 3.63) is 62.7 Å². The first-order valence-corrected chi connectivity index (χ1v) is 9.54. The number of methoxy groups -OCH3 is 1. The van der Waals surface area contributed by atoms with E-state index in [-0.39, 0.29) is 17.3 Å². The molecule has 0 spiro atoms. The van der Waals surface area contributed by atoms with Crippen molar-refractivity contribution in [1.82, 2.24) is 4.57 Å². The predicted molar refractivity (Wildman–Crippen MR) is 111 cm³/mol. The Bertz CT molecular complexity index is 1260. The molecule has 2 heterocycles. The second kappa shape index (κ2) is 7.26. The number of fused-ring (bicyclic) bond motifs is 1. The largest absolute Gasteiger partial charge is 0.508 e. The number of hydrogen-bond acceptors (Lipinski definition) is 7. The van der Waals surface area contributed by atoms with Gasteiger partial charge in [0.2, 0.25) is 5.88 Å². The Morgan fingerprint density at radius 2 is 1.97 bits per heavy atom. The molecule has 0 saturated heterocycles. The summed E-state index contributed by atoms with van der Waals surface area (Å²) in [5, 5.41) is 20.2. The highest BCUT2D eigenvalue weighted by Gasteiger charge is 2.28. The van der Waals surface area contributed by atoms with Crippen molar-refractivity contribution in [1.29, 1.82) is 0 Å². The van der Waals surface area contributed by atoms with E-state index in [4.69, 9.17) is 17.0 Å². The van der Waals surface area contributed by atoms with E-state index in [2.05, 4.69) is 4.99 Å². The lowest BCUT2D eigenvalue weighted by Gasteiger charge is -2.06. The van der Waals surface area contributed by atoms with Gasteiger partial charge in [0.25, 0.3) is 0 Å². The molecule has 2 aromatic carbocycles. The van der Waals surface area contributed by atoms with E-state index < -0.39 is 11.8 Å². The zero-order valence-electron chi connectivity index (χ0n) is 14.9. The van der Waals surface area contributed by atoms with Crippen molar-refractivity contribution in [3.63, 3.8) is 0 Å². The first kappa shape index (κ1) is 19.0. The van der Waals surface area contributed by atoms with E-state index in [1.807, 2.05) is 0 Å². The van der Waals surface area contributed by atoms with Gasteiger partial charge in [-0.15, -0.1) is 11.3 Å². The molecule has 0 amide bonds. The van der Waals surface area contributed by atoms with Crippen LogP contribution in [0, 0.1) is 9.77 Å². The van der Waals surface area contributed by atoms with Gasteiger partial charge in [-0.2, -0.15) is 0 Å². The number of thiazole rings is 1. The topological polar surface area (TPSA) is 84.0 Å². The maximum absolute atomic E-state index is 13.8. The Kier molecular flexibility index (Phi) is 4.77. The molecule has 0 fully saturated rings. The molecule has 0 aliphatic carbocycles. The van der Waals surface area contributed by atoms with E-state index in [1.165, 1.54) is 48.1 Å². The van der Waals surface area contributed by atoms with Gasteiger partial charge in [-0.25, -0.2) is 14.2 Å². The highest BCUT2D eigenvalue weighted by molar-refractivity contribution is 7.73. The number of aliphatic imine (C=N–C) groups is 1. The quantitative estimate of drug-likeness (QED) is 0.470. The third kappa shape index (κ3) is 3.34. The molecule has 9 heteroatoms. The number of phenols is 1. The summed E-state index contributed by atoms with van der Waals surface area (Å²) < 4.78 is 20.4. The van der Waals surface area contributed by atoms with Crippen LogP contribution in [0.2, 0.25) is 0 Å². The SMILES string of the molecule is COC(=O)C1=Nc2ccc(F)cc2/C1=C\c1sc(=S)n(-c2ccc(O)cc2)c1O. The third-order valence-electron chi connectivity index (χ3n) is 4.31. The normalized spacial score (nSPS) is 14.0. The number of rotatable bonds is 3. The lowest BCUT2D eigenvalue weighted by atomic mass is 10.0. The number of nitrogens with zero attached hydrogens (tertiary/aromatic N) is 2. The van der Waals surface area contributed by atoms with Crippen LogP contribution in [0.25, 0.3) is 17.3 Å². The van der Waals surface area contributed by atoms with Crippen molar-refractivity contribution in [3.8, 4) is 17.3 Å². The van der Waals surface area contributed by atoms with E-state index in [9.17, 15) is 19.4 Å². The molecule has 2 N–H and O–H groups in total. The second-order valence-corrected chi connectivity index (χ2v) is 7.75. The molecule has 0 saturated carbocycles. The van der Waals surface area contributed by atoms with Crippen LogP contribution < -0.4 is 0 Å². The fourth-order valence-electron chi connectivity index (χ4n) is 2.96. The van der Waals surface area contributed by atoms with E-state index in [0.29, 0.717) is 31.3 Å². The molecule has 1 aliphatic heterocycles. The molecule has 0 bridgehead atoms. The van der Waals surface area contributed by atoms with Crippen LogP contribution in [0.3, 0.4) is 0 Å². The number of carbonyl (C=O) groups is 1. The number of aromatic hydroxyl groups is 2. The third-order valence-corrected chi connectivity index (χ3v) is 5.62. The van der Waals surface area contributed by atoms with Crippen LogP contribution in [-0.4, -0.2) is 33.6 Å². The van der Waals surface area contributed by atoms with Crippen LogP contribution in [0.5, 0.6) is 11.6 Å². The maximum Gasteiger partial charge on any atom is 0.357 e. The Balaban J connectivity index is 1.87. The Labute approximate surface area is 173 Å². The van der Waals surface area contributed by atoms with E-state index in [1.54, 1.807) is 12.1 Å². The number of esters is 1. The number of ether oxygens (including phenoxy) is 1. The molecule has 1 aliphatic rings. The summed E-state index contributed by atoms with van der Waals surface area (Å²) in [7, 11) is 1.23. The van der Waals surface area contributed by atoms with Gasteiger partial charge in [0.05, 0.1) is 23.4 Å². The summed E-state index contributed by atoms with van der Waals surface area (Å²) >= 11 is 6.48. The molecule has 146 valence electrons. The molecule has 29 heavy (non-hydrogen) atoms. The Morgan fingerprint density at radius 3 is 2.66 bits per heavy atom. The monoisotopic (exact) mass is 428 g/mol. The number of benzene rings is 2. The van der Waals surface area contributed by atoms with Crippen molar-refractivity contribution in [2.75, 3.05) is 7.11 Å². The minimum atomic E-state index is -0.672. The van der Waals surface area contributed by atoms with Crippen molar-refractivity contribution in [2.45, 2.75) is 0 Å². The van der Waals surface area contributed by atoms with Gasteiger partial charge in [-0.05, 0) is 60.8 Å². The van der Waals surface area contributed by atoms with E-state index >= 15 is 0 Å². The summed E-state index contributed by atoms with van der Waals surface area (Å²) in [4.78, 5) is 16.8. The minimum absolute atomic E-state index is 0.0167. The molecule has 1 aromatic heterocycles. The number of hydrogen-bond donors (Lipinski definition) is 2. The molecule has 0 unspecified atom stereocenters. The molecule has 0 radical (unpaired) electrons. The first-order chi connectivity index (χ1) is 13.9. The molecular weight excluding hydrogens is 415 g/mol. The Hall–Kier alpha value is -3.30.